The Kier molecular flexibility index (Phi) is 9.97. The molecule has 0 saturated carbocycles. The van der Waals surface area contributed by atoms with Crippen LogP contribution in [0.1, 0.15) is 23.6 Å². The maximum Gasteiger partial charge on any atom is 0.414 e. The summed E-state index contributed by atoms with van der Waals surface area (Å²) in [7, 11) is 0. The third-order valence-electron chi connectivity index (χ3n) is 5.27. The predicted molar refractivity (Wildman–Crippen MR) is 135 cm³/mol. The van der Waals surface area contributed by atoms with E-state index in [0.29, 0.717) is 13.4 Å². The summed E-state index contributed by atoms with van der Waals surface area (Å²) < 4.78 is 16.5. The van der Waals surface area contributed by atoms with Gasteiger partial charge in [0.15, 0.2) is 11.5 Å². The van der Waals surface area contributed by atoms with E-state index in [2.05, 4.69) is 35.2 Å². The third-order valence-corrected chi connectivity index (χ3v) is 5.51. The number of hydrogen-bond donors (Lipinski definition) is 2. The van der Waals surface area contributed by atoms with Crippen molar-refractivity contribution in [3.05, 3.63) is 88.4 Å². The van der Waals surface area contributed by atoms with Crippen LogP contribution in [0.4, 0.5) is 0 Å². The molecule has 0 amide bonds. The molecule has 0 saturated heterocycles. The number of nitrogens with zero attached hydrogens (tertiary/aromatic N) is 1. The Morgan fingerprint density at radius 2 is 1.56 bits per heavy atom. The van der Waals surface area contributed by atoms with Crippen LogP contribution in [-0.2, 0) is 29.1 Å². The molecule has 1 aliphatic heterocycles. The molecule has 0 radical (unpaired) electrons. The molecule has 0 aliphatic carbocycles. The molecule has 2 N–H and O–H groups in total. The van der Waals surface area contributed by atoms with E-state index in [-0.39, 0.29) is 0 Å². The number of carboxylic acid groups (broad SMARTS) is 2. The number of rotatable bonds is 9. The van der Waals surface area contributed by atoms with Crippen LogP contribution in [0.3, 0.4) is 0 Å². The van der Waals surface area contributed by atoms with Crippen LogP contribution in [0.5, 0.6) is 17.2 Å². The van der Waals surface area contributed by atoms with E-state index in [1.807, 2.05) is 43.3 Å². The molecular formula is C27H28ClNO7. The lowest BCUT2D eigenvalue weighted by molar-refractivity contribution is -0.159. The fraction of sp³-hybridized carbons (Fsp3) is 0.259. The fourth-order valence-corrected chi connectivity index (χ4v) is 3.82. The van der Waals surface area contributed by atoms with Crippen molar-refractivity contribution in [2.24, 2.45) is 0 Å². The summed E-state index contributed by atoms with van der Waals surface area (Å²) in [5.41, 5.74) is 3.70. The molecule has 0 aromatic heterocycles. The monoisotopic (exact) mass is 513 g/mol. The van der Waals surface area contributed by atoms with Crippen LogP contribution in [0.15, 0.2) is 66.7 Å². The summed E-state index contributed by atoms with van der Waals surface area (Å²) in [5, 5.41) is 15.6. The predicted octanol–water partition coefficient (Wildman–Crippen LogP) is 4.87. The van der Waals surface area contributed by atoms with Crippen molar-refractivity contribution in [1.29, 1.82) is 0 Å². The van der Waals surface area contributed by atoms with Crippen LogP contribution in [0, 0.1) is 0 Å². The van der Waals surface area contributed by atoms with Crippen molar-refractivity contribution < 1.29 is 34.0 Å². The number of hydrogen-bond acceptors (Lipinski definition) is 6. The van der Waals surface area contributed by atoms with E-state index in [9.17, 15) is 0 Å². The fourth-order valence-electron chi connectivity index (χ4n) is 3.61. The van der Waals surface area contributed by atoms with Gasteiger partial charge >= 0.3 is 11.9 Å². The SMILES string of the molecule is CCOc1ccc(CN(CCc2ccc3c(c2)OCO3)Cc2cccc(Cl)c2)cc1.O=C(O)C(=O)O. The number of carbonyl (C=O) groups is 2. The average molecular weight is 514 g/mol. The highest BCUT2D eigenvalue weighted by Gasteiger charge is 2.14. The second-order valence-electron chi connectivity index (χ2n) is 7.97. The van der Waals surface area contributed by atoms with Crippen molar-refractivity contribution >= 4 is 23.5 Å². The number of benzene rings is 3. The molecule has 4 rings (SSSR count). The van der Waals surface area contributed by atoms with Crippen molar-refractivity contribution in [3.8, 4) is 17.2 Å². The topological polar surface area (TPSA) is 106 Å². The van der Waals surface area contributed by atoms with Crippen LogP contribution in [-0.4, -0.2) is 47.0 Å². The number of fused-ring (bicyclic) bond motifs is 1. The van der Waals surface area contributed by atoms with Gasteiger partial charge in [-0.3, -0.25) is 4.90 Å². The Bertz CT molecular complexity index is 1160. The van der Waals surface area contributed by atoms with E-state index in [0.717, 1.165) is 48.3 Å². The Labute approximate surface area is 214 Å². The van der Waals surface area contributed by atoms with Gasteiger partial charge in [0.2, 0.25) is 6.79 Å². The first-order valence-corrected chi connectivity index (χ1v) is 11.7. The van der Waals surface area contributed by atoms with Crippen LogP contribution in [0.2, 0.25) is 5.02 Å². The molecule has 3 aromatic rings. The summed E-state index contributed by atoms with van der Waals surface area (Å²) in [4.78, 5) is 20.6. The van der Waals surface area contributed by atoms with Gasteiger partial charge in [-0.25, -0.2) is 9.59 Å². The van der Waals surface area contributed by atoms with Gasteiger partial charge in [-0.15, -0.1) is 0 Å². The Hall–Kier alpha value is -3.75. The standard InChI is InChI=1S/C25H26ClNO3.C2H2O4/c1-2-28-23-9-6-20(7-10-23)16-27(17-21-4-3-5-22(26)14-21)13-12-19-8-11-24-25(15-19)30-18-29-24;3-1(4)2(5)6/h3-11,14-15H,2,12-13,16-18H2,1H3;(H,3,4)(H,5,6). The van der Waals surface area contributed by atoms with Crippen LogP contribution in [0.25, 0.3) is 0 Å². The van der Waals surface area contributed by atoms with E-state index < -0.39 is 11.9 Å². The van der Waals surface area contributed by atoms with E-state index in [1.54, 1.807) is 0 Å². The summed E-state index contributed by atoms with van der Waals surface area (Å²) in [6.07, 6.45) is 0.925. The van der Waals surface area contributed by atoms with Gasteiger partial charge in [0, 0.05) is 24.7 Å². The zero-order valence-electron chi connectivity index (χ0n) is 19.9. The molecule has 0 fully saturated rings. The molecule has 1 heterocycles. The molecule has 3 aromatic carbocycles. The van der Waals surface area contributed by atoms with Crippen molar-refractivity contribution in [3.63, 3.8) is 0 Å². The lowest BCUT2D eigenvalue weighted by atomic mass is 10.1. The number of carboxylic acids is 2. The molecule has 0 bridgehead atoms. The molecule has 0 spiro atoms. The largest absolute Gasteiger partial charge is 0.494 e. The summed E-state index contributed by atoms with van der Waals surface area (Å²) in [6, 6.07) is 22.6. The lowest BCUT2D eigenvalue weighted by Gasteiger charge is -2.23. The highest BCUT2D eigenvalue weighted by atomic mass is 35.5. The molecule has 0 unspecified atom stereocenters. The van der Waals surface area contributed by atoms with Crippen LogP contribution < -0.4 is 14.2 Å². The minimum atomic E-state index is -1.82. The van der Waals surface area contributed by atoms with Gasteiger partial charge in [-0.1, -0.05) is 41.9 Å². The molecular weight excluding hydrogens is 486 g/mol. The Morgan fingerprint density at radius 3 is 2.22 bits per heavy atom. The summed E-state index contributed by atoms with van der Waals surface area (Å²) >= 11 is 6.20. The lowest BCUT2D eigenvalue weighted by Crippen LogP contribution is -2.25. The van der Waals surface area contributed by atoms with Crippen molar-refractivity contribution in [2.75, 3.05) is 19.9 Å². The normalized spacial score (nSPS) is 11.5. The molecule has 0 atom stereocenters. The smallest absolute Gasteiger partial charge is 0.414 e. The molecule has 1 aliphatic rings. The Balaban J connectivity index is 0.000000538. The van der Waals surface area contributed by atoms with E-state index >= 15 is 0 Å². The molecule has 9 heteroatoms. The zero-order chi connectivity index (χ0) is 25.9. The van der Waals surface area contributed by atoms with Crippen LogP contribution >= 0.6 is 11.6 Å². The summed E-state index contributed by atoms with van der Waals surface area (Å²) in [5.74, 6) is -1.09. The minimum absolute atomic E-state index is 0.303. The maximum absolute atomic E-state index is 9.10. The third kappa shape index (κ3) is 8.48. The second-order valence-corrected chi connectivity index (χ2v) is 8.40. The number of halogens is 1. The zero-order valence-corrected chi connectivity index (χ0v) is 20.6. The van der Waals surface area contributed by atoms with Gasteiger partial charge in [0.25, 0.3) is 0 Å². The summed E-state index contributed by atoms with van der Waals surface area (Å²) in [6.45, 7) is 5.57. The first kappa shape index (κ1) is 26.8. The first-order chi connectivity index (χ1) is 17.3. The van der Waals surface area contributed by atoms with Gasteiger partial charge in [0.05, 0.1) is 6.61 Å². The maximum atomic E-state index is 9.10. The van der Waals surface area contributed by atoms with E-state index in [1.165, 1.54) is 16.7 Å². The van der Waals surface area contributed by atoms with Gasteiger partial charge in [-0.2, -0.15) is 0 Å². The first-order valence-electron chi connectivity index (χ1n) is 11.4. The van der Waals surface area contributed by atoms with Gasteiger partial charge in [-0.05, 0) is 66.4 Å². The highest BCUT2D eigenvalue weighted by Crippen LogP contribution is 2.32. The van der Waals surface area contributed by atoms with E-state index in [4.69, 9.17) is 45.6 Å². The molecule has 190 valence electrons. The number of ether oxygens (including phenoxy) is 3. The van der Waals surface area contributed by atoms with Crippen molar-refractivity contribution in [1.82, 2.24) is 4.90 Å². The molecule has 36 heavy (non-hydrogen) atoms. The quantitative estimate of drug-likeness (QED) is 0.390. The Morgan fingerprint density at radius 1 is 0.889 bits per heavy atom. The minimum Gasteiger partial charge on any atom is -0.494 e. The average Bonchev–Trinajstić information content (AvgIpc) is 3.32. The number of aliphatic carboxylic acids is 2. The molecule has 8 nitrogen and oxygen atoms in total. The second kappa shape index (κ2) is 13.4. The van der Waals surface area contributed by atoms with Gasteiger partial charge < -0.3 is 24.4 Å². The highest BCUT2D eigenvalue weighted by molar-refractivity contribution is 6.30. The van der Waals surface area contributed by atoms with Gasteiger partial charge in [0.1, 0.15) is 5.75 Å². The van der Waals surface area contributed by atoms with Crippen molar-refractivity contribution in [2.45, 2.75) is 26.4 Å².